The van der Waals surface area contributed by atoms with Crippen molar-refractivity contribution in [1.82, 2.24) is 14.9 Å². The van der Waals surface area contributed by atoms with Crippen molar-refractivity contribution in [2.24, 2.45) is 17.4 Å². The zero-order chi connectivity index (χ0) is 19.9. The summed E-state index contributed by atoms with van der Waals surface area (Å²) >= 11 is 0. The monoisotopic (exact) mass is 378 g/mol. The minimum Gasteiger partial charge on any atom is -0.366 e. The van der Waals surface area contributed by atoms with E-state index in [0.29, 0.717) is 11.6 Å². The number of nitrogens with two attached hydrogens (primary N) is 2. The summed E-state index contributed by atoms with van der Waals surface area (Å²) in [5.74, 6) is 1.40. The molecule has 2 rings (SSSR count). The molecule has 0 saturated carbocycles. The van der Waals surface area contributed by atoms with E-state index in [9.17, 15) is 4.79 Å². The van der Waals surface area contributed by atoms with E-state index in [1.807, 2.05) is 0 Å². The Morgan fingerprint density at radius 1 is 1.19 bits per heavy atom. The number of aromatic amines is 1. The van der Waals surface area contributed by atoms with E-state index in [4.69, 9.17) is 11.5 Å². The molecule has 0 aliphatic carbocycles. The molecule has 0 aromatic carbocycles. The van der Waals surface area contributed by atoms with Crippen LogP contribution in [0.15, 0.2) is 11.0 Å². The molecule has 0 amide bonds. The van der Waals surface area contributed by atoms with Crippen LogP contribution in [-0.2, 0) is 5.41 Å². The number of hydrogen-bond acceptors (Lipinski definition) is 6. The van der Waals surface area contributed by atoms with Gasteiger partial charge in [0.2, 0.25) is 0 Å². The second-order valence-corrected chi connectivity index (χ2v) is 8.71. The van der Waals surface area contributed by atoms with Crippen LogP contribution in [0.5, 0.6) is 0 Å². The summed E-state index contributed by atoms with van der Waals surface area (Å²) in [6, 6.07) is 0. The average Bonchev–Trinajstić information content (AvgIpc) is 2.64. The van der Waals surface area contributed by atoms with Crippen LogP contribution in [0.4, 0.5) is 5.69 Å². The van der Waals surface area contributed by atoms with Crippen molar-refractivity contribution in [2.45, 2.75) is 51.9 Å². The number of hydrogen-bond donors (Lipinski definition) is 3. The highest BCUT2D eigenvalue weighted by atomic mass is 16.1. The van der Waals surface area contributed by atoms with Gasteiger partial charge in [-0.15, -0.1) is 0 Å². The molecule has 27 heavy (non-hydrogen) atoms. The molecular formula is C20H38N6O. The van der Waals surface area contributed by atoms with E-state index in [1.165, 1.54) is 0 Å². The second-order valence-electron chi connectivity index (χ2n) is 8.71. The number of anilines is 1. The van der Waals surface area contributed by atoms with Crippen molar-refractivity contribution in [2.75, 3.05) is 50.7 Å². The van der Waals surface area contributed by atoms with E-state index >= 15 is 0 Å². The van der Waals surface area contributed by atoms with E-state index in [0.717, 1.165) is 77.3 Å². The Morgan fingerprint density at radius 3 is 2.26 bits per heavy atom. The number of rotatable bonds is 9. The van der Waals surface area contributed by atoms with Crippen LogP contribution in [-0.4, -0.2) is 60.7 Å². The van der Waals surface area contributed by atoms with Crippen LogP contribution < -0.4 is 21.9 Å². The van der Waals surface area contributed by atoms with Crippen molar-refractivity contribution in [1.29, 1.82) is 0 Å². The zero-order valence-corrected chi connectivity index (χ0v) is 17.3. The van der Waals surface area contributed by atoms with Crippen LogP contribution in [0.1, 0.15) is 52.3 Å². The summed E-state index contributed by atoms with van der Waals surface area (Å²) in [7, 11) is 0. The molecule has 1 saturated heterocycles. The lowest BCUT2D eigenvalue weighted by atomic mass is 9.95. The first kappa shape index (κ1) is 21.9. The van der Waals surface area contributed by atoms with Gasteiger partial charge in [-0.3, -0.25) is 4.79 Å². The number of aromatic nitrogens is 2. The van der Waals surface area contributed by atoms with Gasteiger partial charge in [-0.1, -0.05) is 20.8 Å². The minimum absolute atomic E-state index is 0.0270. The first-order valence-electron chi connectivity index (χ1n) is 10.3. The van der Waals surface area contributed by atoms with Gasteiger partial charge in [0.05, 0.1) is 6.20 Å². The van der Waals surface area contributed by atoms with Crippen LogP contribution in [0.2, 0.25) is 0 Å². The van der Waals surface area contributed by atoms with Gasteiger partial charge in [-0.05, 0) is 57.8 Å². The topological polar surface area (TPSA) is 104 Å². The fourth-order valence-electron chi connectivity index (χ4n) is 3.64. The summed E-state index contributed by atoms with van der Waals surface area (Å²) in [6.45, 7) is 12.6. The third-order valence-corrected chi connectivity index (χ3v) is 5.32. The highest BCUT2D eigenvalue weighted by molar-refractivity contribution is 5.42. The summed E-state index contributed by atoms with van der Waals surface area (Å²) < 4.78 is 0. The number of nitrogens with one attached hydrogen (secondary N) is 1. The van der Waals surface area contributed by atoms with Crippen LogP contribution in [0.25, 0.3) is 0 Å². The average molecular weight is 379 g/mol. The standard InChI is InChI=1S/C20H38N6O/c1-20(2,3)19-23-14-17(18(27)24-19)26-12-6-16(7-13-26)15-25(10-4-8-21)11-5-9-22/h14,16H,4-13,15,21-22H2,1-3H3,(H,23,24,27). The Kier molecular flexibility index (Phi) is 8.26. The fourth-order valence-corrected chi connectivity index (χ4v) is 3.64. The molecular weight excluding hydrogens is 340 g/mol. The number of nitrogens with zero attached hydrogens (tertiary/aromatic N) is 3. The molecule has 1 aliphatic heterocycles. The maximum absolute atomic E-state index is 12.5. The van der Waals surface area contributed by atoms with Crippen LogP contribution in [0, 0.1) is 5.92 Å². The Morgan fingerprint density at radius 2 is 1.78 bits per heavy atom. The third kappa shape index (κ3) is 6.59. The molecule has 1 aromatic rings. The molecule has 154 valence electrons. The van der Waals surface area contributed by atoms with Crippen molar-refractivity contribution < 1.29 is 0 Å². The highest BCUT2D eigenvalue weighted by Gasteiger charge is 2.24. The predicted molar refractivity (Wildman–Crippen MR) is 112 cm³/mol. The molecule has 0 atom stereocenters. The first-order valence-corrected chi connectivity index (χ1v) is 10.3. The maximum atomic E-state index is 12.5. The summed E-state index contributed by atoms with van der Waals surface area (Å²) in [5, 5.41) is 0. The molecule has 2 heterocycles. The maximum Gasteiger partial charge on any atom is 0.274 e. The predicted octanol–water partition coefficient (Wildman–Crippen LogP) is 1.28. The van der Waals surface area contributed by atoms with E-state index in [1.54, 1.807) is 6.20 Å². The number of H-pyrrole nitrogens is 1. The molecule has 1 fully saturated rings. The lowest BCUT2D eigenvalue weighted by molar-refractivity contribution is 0.209. The molecule has 0 bridgehead atoms. The van der Waals surface area contributed by atoms with Gasteiger partial charge in [0.1, 0.15) is 11.5 Å². The Bertz CT molecular complexity index is 608. The van der Waals surface area contributed by atoms with Gasteiger partial charge in [0.15, 0.2) is 0 Å². The highest BCUT2D eigenvalue weighted by Crippen LogP contribution is 2.23. The van der Waals surface area contributed by atoms with E-state index in [2.05, 4.69) is 40.5 Å². The minimum atomic E-state index is -0.152. The van der Waals surface area contributed by atoms with Crippen molar-refractivity contribution >= 4 is 5.69 Å². The molecule has 1 aliphatic rings. The summed E-state index contributed by atoms with van der Waals surface area (Å²) in [5.41, 5.74) is 11.9. The fraction of sp³-hybridized carbons (Fsp3) is 0.800. The molecule has 7 heteroatoms. The Labute approximate surface area is 163 Å². The lowest BCUT2D eigenvalue weighted by Gasteiger charge is -2.35. The van der Waals surface area contributed by atoms with Crippen molar-refractivity contribution in [3.05, 3.63) is 22.4 Å². The Hall–Kier alpha value is -1.44. The summed E-state index contributed by atoms with van der Waals surface area (Å²) in [6.07, 6.45) is 6.01. The zero-order valence-electron chi connectivity index (χ0n) is 17.3. The van der Waals surface area contributed by atoms with Gasteiger partial charge < -0.3 is 26.3 Å². The lowest BCUT2D eigenvalue weighted by Crippen LogP contribution is -2.41. The van der Waals surface area contributed by atoms with Crippen LogP contribution in [0.3, 0.4) is 0 Å². The van der Waals surface area contributed by atoms with Gasteiger partial charge in [-0.25, -0.2) is 4.98 Å². The van der Waals surface area contributed by atoms with Gasteiger partial charge in [0, 0.05) is 25.0 Å². The molecule has 7 nitrogen and oxygen atoms in total. The number of piperidine rings is 1. The second kappa shape index (κ2) is 10.2. The quantitative estimate of drug-likeness (QED) is 0.598. The van der Waals surface area contributed by atoms with Crippen molar-refractivity contribution in [3.63, 3.8) is 0 Å². The molecule has 5 N–H and O–H groups in total. The largest absolute Gasteiger partial charge is 0.366 e. The third-order valence-electron chi connectivity index (χ3n) is 5.32. The smallest absolute Gasteiger partial charge is 0.274 e. The molecule has 0 spiro atoms. The molecule has 1 aromatic heterocycles. The summed E-state index contributed by atoms with van der Waals surface area (Å²) in [4.78, 5) is 24.7. The van der Waals surface area contributed by atoms with Crippen LogP contribution >= 0.6 is 0 Å². The Balaban J connectivity index is 1.91. The van der Waals surface area contributed by atoms with E-state index < -0.39 is 0 Å². The van der Waals surface area contributed by atoms with Crippen molar-refractivity contribution in [3.8, 4) is 0 Å². The van der Waals surface area contributed by atoms with Gasteiger partial charge in [0.25, 0.3) is 5.56 Å². The van der Waals surface area contributed by atoms with E-state index in [-0.39, 0.29) is 11.0 Å². The normalized spacial score (nSPS) is 16.3. The molecule has 0 unspecified atom stereocenters. The van der Waals surface area contributed by atoms with Gasteiger partial charge >= 0.3 is 0 Å². The first-order chi connectivity index (χ1) is 12.8. The molecule has 0 radical (unpaired) electrons. The van der Waals surface area contributed by atoms with Gasteiger partial charge in [-0.2, -0.15) is 0 Å². The SMILES string of the molecule is CC(C)(C)c1ncc(N2CCC(CN(CCCN)CCCN)CC2)c(=O)[nH]1.